The van der Waals surface area contributed by atoms with Crippen molar-refractivity contribution in [2.24, 2.45) is 0 Å². The number of nitrogens with one attached hydrogen (secondary N) is 1. The van der Waals surface area contributed by atoms with Gasteiger partial charge in [-0.05, 0) is 18.2 Å². The minimum Gasteiger partial charge on any atom is -0.398 e. The van der Waals surface area contributed by atoms with Gasteiger partial charge < -0.3 is 5.73 Å². The molecule has 0 aliphatic carbocycles. The molecule has 19 heavy (non-hydrogen) atoms. The molecule has 0 spiro atoms. The fraction of sp³-hybridized carbons (Fsp3) is 0. The first kappa shape index (κ1) is 13.7. The van der Waals surface area contributed by atoms with E-state index < -0.39 is 33.2 Å². The van der Waals surface area contributed by atoms with Crippen LogP contribution >= 0.6 is 11.3 Å². The predicted molar refractivity (Wildman–Crippen MR) is 65.9 cm³/mol. The molecule has 0 aliphatic heterocycles. The minimum absolute atomic E-state index is 0.158. The summed E-state index contributed by atoms with van der Waals surface area (Å²) in [6.45, 7) is 0. The van der Waals surface area contributed by atoms with E-state index in [-0.39, 0.29) is 9.90 Å². The van der Waals surface area contributed by atoms with E-state index in [1.165, 1.54) is 11.4 Å². The Morgan fingerprint density at radius 3 is 2.42 bits per heavy atom. The van der Waals surface area contributed by atoms with Crippen molar-refractivity contribution in [3.63, 3.8) is 0 Å². The van der Waals surface area contributed by atoms with Crippen LogP contribution in [0.1, 0.15) is 0 Å². The second-order valence-electron chi connectivity index (χ2n) is 3.53. The highest BCUT2D eigenvalue weighted by atomic mass is 32.2. The molecule has 1 aromatic carbocycles. The monoisotopic (exact) mass is 308 g/mol. The molecule has 0 fully saturated rings. The zero-order valence-corrected chi connectivity index (χ0v) is 10.8. The molecular weight excluding hydrogens is 301 g/mol. The van der Waals surface area contributed by atoms with Crippen molar-refractivity contribution < 1.29 is 21.6 Å². The molecule has 102 valence electrons. The quantitative estimate of drug-likeness (QED) is 0.856. The molecule has 0 atom stereocenters. The van der Waals surface area contributed by atoms with Crippen LogP contribution in [0.5, 0.6) is 0 Å². The summed E-state index contributed by atoms with van der Waals surface area (Å²) in [5.74, 6) is -4.75. The molecule has 0 aliphatic rings. The third kappa shape index (κ3) is 2.66. The van der Waals surface area contributed by atoms with Crippen molar-refractivity contribution in [3.8, 4) is 0 Å². The number of rotatable bonds is 3. The van der Waals surface area contributed by atoms with Gasteiger partial charge in [0.25, 0.3) is 10.0 Å². The van der Waals surface area contributed by atoms with Gasteiger partial charge in [0.2, 0.25) is 0 Å². The Balaban J connectivity index is 2.39. The van der Waals surface area contributed by atoms with E-state index in [0.717, 1.165) is 17.4 Å². The van der Waals surface area contributed by atoms with Crippen molar-refractivity contribution in [2.75, 3.05) is 10.5 Å². The summed E-state index contributed by atoms with van der Waals surface area (Å²) >= 11 is 0.823. The van der Waals surface area contributed by atoms with Crippen molar-refractivity contribution in [1.82, 2.24) is 0 Å². The van der Waals surface area contributed by atoms with Gasteiger partial charge in [0.1, 0.15) is 4.21 Å². The average Bonchev–Trinajstić information content (AvgIpc) is 2.78. The van der Waals surface area contributed by atoms with Crippen molar-refractivity contribution in [1.29, 1.82) is 0 Å². The van der Waals surface area contributed by atoms with Gasteiger partial charge in [-0.25, -0.2) is 21.6 Å². The molecule has 2 rings (SSSR count). The number of halogens is 3. The fourth-order valence-electron chi connectivity index (χ4n) is 1.27. The molecule has 1 aromatic heterocycles. The lowest BCUT2D eigenvalue weighted by atomic mass is 10.3. The number of hydrogen-bond donors (Lipinski definition) is 2. The second kappa shape index (κ2) is 4.74. The Kier molecular flexibility index (Phi) is 3.42. The van der Waals surface area contributed by atoms with Crippen LogP contribution in [0.4, 0.5) is 24.5 Å². The smallest absolute Gasteiger partial charge is 0.271 e. The summed E-state index contributed by atoms with van der Waals surface area (Å²) in [7, 11) is -4.09. The molecule has 0 unspecified atom stereocenters. The third-order valence-corrected chi connectivity index (χ3v) is 4.96. The van der Waals surface area contributed by atoms with Gasteiger partial charge in [-0.2, -0.15) is 0 Å². The Bertz CT molecular complexity index is 728. The van der Waals surface area contributed by atoms with Crippen LogP contribution in [0.2, 0.25) is 0 Å². The number of nitrogens with two attached hydrogens (primary N) is 1. The number of nitrogen functional groups attached to an aromatic ring is 1. The van der Waals surface area contributed by atoms with Crippen LogP contribution in [0.15, 0.2) is 27.8 Å². The standard InChI is InChI=1S/C10H7F3N2O2S2/c11-6-1-2-7(10(13)9(6)12)15-19(16,17)8-3-5(14)4-18-8/h1-4,15H,14H2. The number of thiophene rings is 1. The molecule has 4 nitrogen and oxygen atoms in total. The van der Waals surface area contributed by atoms with Crippen LogP contribution in [0.3, 0.4) is 0 Å². The topological polar surface area (TPSA) is 72.2 Å². The molecule has 0 saturated carbocycles. The van der Waals surface area contributed by atoms with E-state index in [9.17, 15) is 21.6 Å². The Morgan fingerprint density at radius 1 is 1.16 bits per heavy atom. The minimum atomic E-state index is -4.09. The van der Waals surface area contributed by atoms with Gasteiger partial charge in [0.05, 0.1) is 5.69 Å². The summed E-state index contributed by atoms with van der Waals surface area (Å²) in [4.78, 5) is 0. The summed E-state index contributed by atoms with van der Waals surface area (Å²) in [6.07, 6.45) is 0. The molecule has 0 saturated heterocycles. The van der Waals surface area contributed by atoms with Gasteiger partial charge >= 0.3 is 0 Å². The molecular formula is C10H7F3N2O2S2. The lowest BCUT2D eigenvalue weighted by molar-refractivity contribution is 0.449. The van der Waals surface area contributed by atoms with E-state index in [0.29, 0.717) is 6.07 Å². The fourth-order valence-corrected chi connectivity index (χ4v) is 3.41. The maximum atomic E-state index is 13.4. The highest BCUT2D eigenvalue weighted by Crippen LogP contribution is 2.26. The van der Waals surface area contributed by atoms with Crippen molar-refractivity contribution in [3.05, 3.63) is 41.0 Å². The molecule has 9 heteroatoms. The van der Waals surface area contributed by atoms with E-state index in [1.807, 2.05) is 4.72 Å². The molecule has 0 bridgehead atoms. The first-order chi connectivity index (χ1) is 8.81. The second-order valence-corrected chi connectivity index (χ2v) is 6.35. The highest BCUT2D eigenvalue weighted by molar-refractivity contribution is 7.94. The number of benzene rings is 1. The average molecular weight is 308 g/mol. The highest BCUT2D eigenvalue weighted by Gasteiger charge is 2.21. The lowest BCUT2D eigenvalue weighted by Crippen LogP contribution is -2.13. The number of anilines is 2. The first-order valence-corrected chi connectivity index (χ1v) is 7.18. The zero-order chi connectivity index (χ0) is 14.2. The lowest BCUT2D eigenvalue weighted by Gasteiger charge is -2.07. The van der Waals surface area contributed by atoms with Gasteiger partial charge in [-0.15, -0.1) is 11.3 Å². The third-order valence-electron chi connectivity index (χ3n) is 2.14. The Hall–Kier alpha value is -1.74. The summed E-state index contributed by atoms with van der Waals surface area (Å²) in [5.41, 5.74) is 4.93. The van der Waals surface area contributed by atoms with Crippen molar-refractivity contribution in [2.45, 2.75) is 4.21 Å². The summed E-state index contributed by atoms with van der Waals surface area (Å²) in [5, 5.41) is 1.39. The van der Waals surface area contributed by atoms with Crippen LogP contribution in [0.25, 0.3) is 0 Å². The van der Waals surface area contributed by atoms with Crippen molar-refractivity contribution >= 4 is 32.7 Å². The van der Waals surface area contributed by atoms with Crippen LogP contribution in [0, 0.1) is 17.5 Å². The molecule has 2 aromatic rings. The van der Waals surface area contributed by atoms with E-state index in [1.54, 1.807) is 0 Å². The Morgan fingerprint density at radius 2 is 1.84 bits per heavy atom. The summed E-state index contributed by atoms with van der Waals surface area (Å²) < 4.78 is 64.4. The van der Waals surface area contributed by atoms with Crippen LogP contribution in [-0.2, 0) is 10.0 Å². The van der Waals surface area contributed by atoms with E-state index in [4.69, 9.17) is 5.73 Å². The predicted octanol–water partition coefficient (Wildman–Crippen LogP) is 2.55. The number of hydrogen-bond acceptors (Lipinski definition) is 4. The normalized spacial score (nSPS) is 11.5. The molecule has 1 heterocycles. The maximum Gasteiger partial charge on any atom is 0.271 e. The van der Waals surface area contributed by atoms with Gasteiger partial charge in [-0.3, -0.25) is 4.72 Å². The summed E-state index contributed by atoms with van der Waals surface area (Å²) in [6, 6.07) is 2.59. The van der Waals surface area contributed by atoms with Crippen LogP contribution in [-0.4, -0.2) is 8.42 Å². The van der Waals surface area contributed by atoms with Gasteiger partial charge in [0.15, 0.2) is 17.5 Å². The van der Waals surface area contributed by atoms with Gasteiger partial charge in [-0.1, -0.05) is 0 Å². The molecule has 0 radical (unpaired) electrons. The van der Waals surface area contributed by atoms with Gasteiger partial charge in [0, 0.05) is 11.1 Å². The maximum absolute atomic E-state index is 13.4. The van der Waals surface area contributed by atoms with Crippen LogP contribution < -0.4 is 10.5 Å². The zero-order valence-electron chi connectivity index (χ0n) is 9.15. The largest absolute Gasteiger partial charge is 0.398 e. The van der Waals surface area contributed by atoms with E-state index in [2.05, 4.69) is 0 Å². The first-order valence-electron chi connectivity index (χ1n) is 4.81. The number of sulfonamides is 1. The Labute approximate surface area is 110 Å². The molecule has 0 amide bonds. The van der Waals surface area contributed by atoms with E-state index >= 15 is 0 Å². The SMILES string of the molecule is Nc1csc(S(=O)(=O)Nc2ccc(F)c(F)c2F)c1. The molecule has 3 N–H and O–H groups in total.